The van der Waals surface area contributed by atoms with Crippen molar-refractivity contribution in [2.24, 2.45) is 5.92 Å². The van der Waals surface area contributed by atoms with E-state index in [0.717, 1.165) is 25.7 Å². The van der Waals surface area contributed by atoms with E-state index in [0.29, 0.717) is 6.04 Å². The van der Waals surface area contributed by atoms with Crippen molar-refractivity contribution in [2.45, 2.75) is 25.8 Å². The maximum absolute atomic E-state index is 5.43. The summed E-state index contributed by atoms with van der Waals surface area (Å²) in [5, 5.41) is 3.55. The summed E-state index contributed by atoms with van der Waals surface area (Å²) in [4.78, 5) is 0. The molecule has 0 spiro atoms. The van der Waals surface area contributed by atoms with Crippen molar-refractivity contribution in [3.05, 3.63) is 0 Å². The zero-order chi connectivity index (χ0) is 9.52. The van der Waals surface area contributed by atoms with E-state index < -0.39 is 0 Å². The van der Waals surface area contributed by atoms with Crippen molar-refractivity contribution in [3.8, 4) is 0 Å². The Labute approximate surface area is 85.8 Å². The first-order chi connectivity index (χ1) is 6.33. The van der Waals surface area contributed by atoms with Gasteiger partial charge in [0.2, 0.25) is 0 Å². The second-order valence-electron chi connectivity index (χ2n) is 3.85. The molecule has 1 N–H and O–H groups in total. The Morgan fingerprint density at radius 3 is 3.08 bits per heavy atom. The summed E-state index contributed by atoms with van der Waals surface area (Å²) in [5.41, 5.74) is 0. The average molecular weight is 203 g/mol. The number of nitrogens with one attached hydrogen (secondary N) is 1. The Kier molecular flexibility index (Phi) is 5.83. The van der Waals surface area contributed by atoms with Gasteiger partial charge in [0, 0.05) is 24.9 Å². The molecule has 78 valence electrons. The lowest BCUT2D eigenvalue weighted by molar-refractivity contribution is 0.0542. The molecule has 0 aromatic rings. The van der Waals surface area contributed by atoms with E-state index in [4.69, 9.17) is 4.74 Å². The third kappa shape index (κ3) is 4.89. The average Bonchev–Trinajstić information content (AvgIpc) is 2.17. The van der Waals surface area contributed by atoms with Gasteiger partial charge in [0.1, 0.15) is 0 Å². The van der Waals surface area contributed by atoms with E-state index in [1.54, 1.807) is 0 Å². The molecular formula is C10H21NOS. The minimum Gasteiger partial charge on any atom is -0.381 e. The highest BCUT2D eigenvalue weighted by molar-refractivity contribution is 7.98. The van der Waals surface area contributed by atoms with Crippen LogP contribution in [0.15, 0.2) is 0 Å². The molecule has 0 amide bonds. The van der Waals surface area contributed by atoms with Crippen LogP contribution in [0.3, 0.4) is 0 Å². The van der Waals surface area contributed by atoms with Crippen LogP contribution < -0.4 is 5.32 Å². The summed E-state index contributed by atoms with van der Waals surface area (Å²) in [7, 11) is 0. The lowest BCUT2D eigenvalue weighted by Crippen LogP contribution is -2.35. The van der Waals surface area contributed by atoms with Gasteiger partial charge in [0.15, 0.2) is 0 Å². The molecule has 3 heteroatoms. The van der Waals surface area contributed by atoms with Crippen LogP contribution in [0.25, 0.3) is 0 Å². The molecule has 0 radical (unpaired) electrons. The molecule has 1 rings (SSSR count). The van der Waals surface area contributed by atoms with Crippen LogP contribution >= 0.6 is 11.8 Å². The summed E-state index contributed by atoms with van der Waals surface area (Å²) in [6.07, 6.45) is 4.73. The molecule has 0 aromatic heterocycles. The number of thioether (sulfide) groups is 1. The van der Waals surface area contributed by atoms with Gasteiger partial charge in [-0.1, -0.05) is 0 Å². The second-order valence-corrected chi connectivity index (χ2v) is 4.76. The van der Waals surface area contributed by atoms with Crippen LogP contribution in [0.5, 0.6) is 0 Å². The molecule has 0 aromatic carbocycles. The minimum atomic E-state index is 0.636. The Hall–Kier alpha value is 0.270. The van der Waals surface area contributed by atoms with Crippen molar-refractivity contribution in [2.75, 3.05) is 31.8 Å². The topological polar surface area (TPSA) is 21.3 Å². The van der Waals surface area contributed by atoms with Crippen molar-refractivity contribution in [1.82, 2.24) is 5.32 Å². The highest BCUT2D eigenvalue weighted by Crippen LogP contribution is 2.12. The van der Waals surface area contributed by atoms with Crippen LogP contribution in [-0.4, -0.2) is 37.8 Å². The highest BCUT2D eigenvalue weighted by Gasteiger charge is 2.14. The molecule has 1 fully saturated rings. The first-order valence-corrected chi connectivity index (χ1v) is 6.52. The molecule has 2 unspecified atom stereocenters. The molecule has 13 heavy (non-hydrogen) atoms. The summed E-state index contributed by atoms with van der Waals surface area (Å²) < 4.78 is 5.43. The van der Waals surface area contributed by atoms with Gasteiger partial charge in [0.05, 0.1) is 6.61 Å². The van der Waals surface area contributed by atoms with E-state index in [1.165, 1.54) is 18.6 Å². The highest BCUT2D eigenvalue weighted by atomic mass is 32.2. The largest absolute Gasteiger partial charge is 0.381 e. The van der Waals surface area contributed by atoms with Crippen LogP contribution in [0.2, 0.25) is 0 Å². The number of hydrogen-bond donors (Lipinski definition) is 1. The van der Waals surface area contributed by atoms with Gasteiger partial charge in [-0.2, -0.15) is 11.8 Å². The quantitative estimate of drug-likeness (QED) is 0.735. The fourth-order valence-electron chi connectivity index (χ4n) is 1.65. The van der Waals surface area contributed by atoms with E-state index in [9.17, 15) is 0 Å². The SMILES string of the molecule is CSCC(C)NCC1CCCOC1. The first kappa shape index (κ1) is 11.3. The predicted molar refractivity (Wildman–Crippen MR) is 59.4 cm³/mol. The summed E-state index contributed by atoms with van der Waals surface area (Å²) in [6.45, 7) is 5.30. The third-order valence-corrected chi connectivity index (χ3v) is 3.26. The van der Waals surface area contributed by atoms with Gasteiger partial charge >= 0.3 is 0 Å². The molecule has 1 aliphatic rings. The van der Waals surface area contributed by atoms with Gasteiger partial charge < -0.3 is 10.1 Å². The molecule has 0 bridgehead atoms. The summed E-state index contributed by atoms with van der Waals surface area (Å²) in [5.74, 6) is 1.95. The van der Waals surface area contributed by atoms with E-state index in [2.05, 4.69) is 18.5 Å². The van der Waals surface area contributed by atoms with Crippen LogP contribution in [-0.2, 0) is 4.74 Å². The first-order valence-electron chi connectivity index (χ1n) is 5.13. The van der Waals surface area contributed by atoms with Crippen LogP contribution in [0.1, 0.15) is 19.8 Å². The molecule has 1 saturated heterocycles. The minimum absolute atomic E-state index is 0.636. The maximum Gasteiger partial charge on any atom is 0.0506 e. The third-order valence-electron chi connectivity index (χ3n) is 2.43. The maximum atomic E-state index is 5.43. The predicted octanol–water partition coefficient (Wildman–Crippen LogP) is 1.75. The summed E-state index contributed by atoms with van der Waals surface area (Å²) in [6, 6.07) is 0.636. The van der Waals surface area contributed by atoms with E-state index >= 15 is 0 Å². The Balaban J connectivity index is 2.03. The van der Waals surface area contributed by atoms with Crippen molar-refractivity contribution in [3.63, 3.8) is 0 Å². The van der Waals surface area contributed by atoms with Crippen molar-refractivity contribution < 1.29 is 4.74 Å². The fraction of sp³-hybridized carbons (Fsp3) is 1.00. The van der Waals surface area contributed by atoms with Crippen LogP contribution in [0, 0.1) is 5.92 Å². The second kappa shape index (κ2) is 6.68. The standard InChI is InChI=1S/C10H21NOS/c1-9(8-13-2)11-6-10-4-3-5-12-7-10/h9-11H,3-8H2,1-2H3. The molecule has 2 atom stereocenters. The smallest absolute Gasteiger partial charge is 0.0506 e. The molecule has 0 aliphatic carbocycles. The van der Waals surface area contributed by atoms with Gasteiger partial charge in [-0.05, 0) is 31.9 Å². The van der Waals surface area contributed by atoms with Gasteiger partial charge in [-0.3, -0.25) is 0 Å². The van der Waals surface area contributed by atoms with Crippen molar-refractivity contribution >= 4 is 11.8 Å². The molecule has 1 heterocycles. The molecule has 2 nitrogen and oxygen atoms in total. The Morgan fingerprint density at radius 1 is 1.62 bits per heavy atom. The van der Waals surface area contributed by atoms with Crippen LogP contribution in [0.4, 0.5) is 0 Å². The fourth-order valence-corrected chi connectivity index (χ4v) is 2.26. The van der Waals surface area contributed by atoms with E-state index in [-0.39, 0.29) is 0 Å². The zero-order valence-corrected chi connectivity index (χ0v) is 9.53. The lowest BCUT2D eigenvalue weighted by atomic mass is 10.0. The van der Waals surface area contributed by atoms with Crippen molar-refractivity contribution in [1.29, 1.82) is 0 Å². The number of hydrogen-bond acceptors (Lipinski definition) is 3. The summed E-state index contributed by atoms with van der Waals surface area (Å²) >= 11 is 1.90. The lowest BCUT2D eigenvalue weighted by Gasteiger charge is -2.24. The Morgan fingerprint density at radius 2 is 2.46 bits per heavy atom. The monoisotopic (exact) mass is 203 g/mol. The van der Waals surface area contributed by atoms with Gasteiger partial charge in [0.25, 0.3) is 0 Å². The number of rotatable bonds is 5. The normalized spacial score (nSPS) is 25.8. The molecule has 0 saturated carbocycles. The van der Waals surface area contributed by atoms with E-state index in [1.807, 2.05) is 11.8 Å². The van der Waals surface area contributed by atoms with Gasteiger partial charge in [-0.25, -0.2) is 0 Å². The van der Waals surface area contributed by atoms with Gasteiger partial charge in [-0.15, -0.1) is 0 Å². The molecular weight excluding hydrogens is 182 g/mol. The Bertz CT molecular complexity index is 126. The number of ether oxygens (including phenoxy) is 1. The molecule has 1 aliphatic heterocycles. The zero-order valence-electron chi connectivity index (χ0n) is 8.71.